The maximum absolute atomic E-state index is 10.2. The van der Waals surface area contributed by atoms with Crippen LogP contribution < -0.4 is 5.48 Å². The third kappa shape index (κ3) is 10.4. The van der Waals surface area contributed by atoms with Crippen molar-refractivity contribution in [2.75, 3.05) is 13.7 Å². The van der Waals surface area contributed by atoms with Crippen LogP contribution in [0.2, 0.25) is 0 Å². The highest BCUT2D eigenvalue weighted by Crippen LogP contribution is 1.78. The monoisotopic (exact) mass is 151 g/mol. The van der Waals surface area contributed by atoms with Crippen molar-refractivity contribution in [3.8, 4) is 0 Å². The summed E-state index contributed by atoms with van der Waals surface area (Å²) in [5.41, 5.74) is 1.83. The Morgan fingerprint density at radius 1 is 1.70 bits per heavy atom. The van der Waals surface area contributed by atoms with E-state index < -0.39 is 0 Å². The number of esters is 1. The van der Waals surface area contributed by atoms with Crippen LogP contribution in [0.5, 0.6) is 0 Å². The SMILES string of the molecule is CC.COC(=O)CCNO.[HH]. The molecule has 2 N–H and O–H groups in total. The second-order valence-corrected chi connectivity index (χ2v) is 1.23. The van der Waals surface area contributed by atoms with Gasteiger partial charge in [0.25, 0.3) is 0 Å². The molecule has 0 aliphatic rings. The number of ether oxygens (including phenoxy) is 1. The summed E-state index contributed by atoms with van der Waals surface area (Å²) in [5.74, 6) is -0.327. The number of carbonyl (C=O) groups is 1. The Morgan fingerprint density at radius 2 is 2.20 bits per heavy atom. The molecule has 0 unspecified atom stereocenters. The van der Waals surface area contributed by atoms with E-state index in [0.29, 0.717) is 0 Å². The van der Waals surface area contributed by atoms with Crippen LogP contribution in [-0.2, 0) is 9.53 Å². The van der Waals surface area contributed by atoms with Gasteiger partial charge in [0.15, 0.2) is 0 Å². The number of hydrogen-bond donors (Lipinski definition) is 2. The fraction of sp³-hybridized carbons (Fsp3) is 0.833. The summed E-state index contributed by atoms with van der Waals surface area (Å²) in [4.78, 5) is 10.2. The molecule has 0 amide bonds. The summed E-state index contributed by atoms with van der Waals surface area (Å²) < 4.78 is 4.26. The van der Waals surface area contributed by atoms with Crippen LogP contribution in [0.15, 0.2) is 0 Å². The second kappa shape index (κ2) is 11.2. The number of nitrogens with one attached hydrogen (secondary N) is 1. The minimum absolute atomic E-state index is 0. The Morgan fingerprint density at radius 3 is 2.50 bits per heavy atom. The van der Waals surface area contributed by atoms with E-state index in [1.807, 2.05) is 19.3 Å². The average Bonchev–Trinajstić information content (AvgIpc) is 2.04. The smallest absolute Gasteiger partial charge is 0.306 e. The lowest BCUT2D eigenvalue weighted by Crippen LogP contribution is -2.14. The van der Waals surface area contributed by atoms with Gasteiger partial charge in [-0.05, 0) is 0 Å². The van der Waals surface area contributed by atoms with Crippen molar-refractivity contribution in [3.05, 3.63) is 0 Å². The molecule has 0 rings (SSSR count). The molecule has 64 valence electrons. The molecule has 0 saturated carbocycles. The van der Waals surface area contributed by atoms with Gasteiger partial charge in [0.2, 0.25) is 0 Å². The number of rotatable bonds is 3. The van der Waals surface area contributed by atoms with Crippen LogP contribution in [0.4, 0.5) is 0 Å². The lowest BCUT2D eigenvalue weighted by molar-refractivity contribution is -0.140. The Labute approximate surface area is 62.6 Å². The molecular weight excluding hydrogens is 134 g/mol. The average molecular weight is 151 g/mol. The zero-order chi connectivity index (χ0) is 8.41. The molecule has 4 heteroatoms. The summed E-state index contributed by atoms with van der Waals surface area (Å²) >= 11 is 0. The Bertz CT molecular complexity index is 80.2. The van der Waals surface area contributed by atoms with E-state index in [-0.39, 0.29) is 20.4 Å². The van der Waals surface area contributed by atoms with Crippen LogP contribution in [0.1, 0.15) is 21.7 Å². The maximum atomic E-state index is 10.2. The minimum atomic E-state index is -0.327. The first kappa shape index (κ1) is 12.1. The van der Waals surface area contributed by atoms with Gasteiger partial charge in [-0.2, -0.15) is 0 Å². The van der Waals surface area contributed by atoms with Gasteiger partial charge < -0.3 is 9.94 Å². The van der Waals surface area contributed by atoms with Gasteiger partial charge in [-0.3, -0.25) is 4.79 Å². The van der Waals surface area contributed by atoms with Gasteiger partial charge in [0.05, 0.1) is 13.5 Å². The van der Waals surface area contributed by atoms with Crippen molar-refractivity contribution in [2.24, 2.45) is 0 Å². The molecule has 0 heterocycles. The standard InChI is InChI=1S/C4H9NO3.C2H6.H2/c1-8-4(6)2-3-5-7;1-2;/h5,7H,2-3H2,1H3;1-2H3;1H. The van der Waals surface area contributed by atoms with Crippen molar-refractivity contribution in [2.45, 2.75) is 20.3 Å². The van der Waals surface area contributed by atoms with E-state index >= 15 is 0 Å². The van der Waals surface area contributed by atoms with Crippen molar-refractivity contribution < 1.29 is 16.2 Å². The first-order valence-electron chi connectivity index (χ1n) is 3.25. The molecule has 0 aliphatic heterocycles. The quantitative estimate of drug-likeness (QED) is 0.462. The summed E-state index contributed by atoms with van der Waals surface area (Å²) in [5, 5.41) is 7.95. The number of methoxy groups -OCH3 is 1. The van der Waals surface area contributed by atoms with Gasteiger partial charge in [0, 0.05) is 7.97 Å². The van der Waals surface area contributed by atoms with Gasteiger partial charge in [-0.15, -0.1) is 0 Å². The lowest BCUT2D eigenvalue weighted by atomic mass is 10.4. The largest absolute Gasteiger partial charge is 0.469 e. The van der Waals surface area contributed by atoms with E-state index in [1.165, 1.54) is 7.11 Å². The van der Waals surface area contributed by atoms with Crippen LogP contribution in [0.25, 0.3) is 0 Å². The van der Waals surface area contributed by atoms with E-state index in [0.717, 1.165) is 0 Å². The predicted molar refractivity (Wildman–Crippen MR) is 39.9 cm³/mol. The van der Waals surface area contributed by atoms with Gasteiger partial charge in [-0.25, -0.2) is 5.48 Å². The predicted octanol–water partition coefficient (Wildman–Crippen LogP) is 0.800. The van der Waals surface area contributed by atoms with Crippen molar-refractivity contribution >= 4 is 5.97 Å². The molecule has 0 radical (unpaired) electrons. The van der Waals surface area contributed by atoms with E-state index in [1.54, 1.807) is 0 Å². The van der Waals surface area contributed by atoms with Crippen molar-refractivity contribution in [1.82, 2.24) is 5.48 Å². The van der Waals surface area contributed by atoms with Crippen LogP contribution in [-0.4, -0.2) is 24.8 Å². The zero-order valence-corrected chi connectivity index (χ0v) is 6.68. The lowest BCUT2D eigenvalue weighted by Gasteiger charge is -1.94. The molecule has 0 aromatic carbocycles. The third-order valence-corrected chi connectivity index (χ3v) is 0.669. The summed E-state index contributed by atoms with van der Waals surface area (Å²) in [6.45, 7) is 4.24. The number of hydrogen-bond acceptors (Lipinski definition) is 4. The maximum Gasteiger partial charge on any atom is 0.306 e. The molecule has 0 atom stereocenters. The minimum Gasteiger partial charge on any atom is -0.469 e. The first-order chi connectivity index (χ1) is 4.81. The molecule has 0 aromatic heterocycles. The van der Waals surface area contributed by atoms with E-state index in [2.05, 4.69) is 4.74 Å². The summed E-state index contributed by atoms with van der Waals surface area (Å²) in [7, 11) is 1.31. The molecule has 10 heavy (non-hydrogen) atoms. The van der Waals surface area contributed by atoms with Crippen molar-refractivity contribution in [1.29, 1.82) is 0 Å². The molecule has 4 nitrogen and oxygen atoms in total. The molecular formula is C6H17NO3. The highest BCUT2D eigenvalue weighted by molar-refractivity contribution is 5.69. The Kier molecular flexibility index (Phi) is 13.6. The van der Waals surface area contributed by atoms with Crippen LogP contribution in [0.3, 0.4) is 0 Å². The molecule has 0 aliphatic carbocycles. The molecule has 0 saturated heterocycles. The molecule has 0 spiro atoms. The van der Waals surface area contributed by atoms with Crippen LogP contribution >= 0.6 is 0 Å². The number of carbonyl (C=O) groups excluding carboxylic acids is 1. The Hall–Kier alpha value is -0.610. The summed E-state index contributed by atoms with van der Waals surface area (Å²) in [6.07, 6.45) is 0.201. The molecule has 0 aromatic rings. The molecule has 0 bridgehead atoms. The fourth-order valence-corrected chi connectivity index (χ4v) is 0.260. The highest BCUT2D eigenvalue weighted by atomic mass is 16.5. The van der Waals surface area contributed by atoms with Crippen LogP contribution in [0, 0.1) is 0 Å². The first-order valence-corrected chi connectivity index (χ1v) is 3.25. The molecule has 0 fully saturated rings. The third-order valence-electron chi connectivity index (χ3n) is 0.669. The normalized spacial score (nSPS) is 7.60. The van der Waals surface area contributed by atoms with E-state index in [4.69, 9.17) is 5.21 Å². The van der Waals surface area contributed by atoms with Gasteiger partial charge in [-0.1, -0.05) is 13.8 Å². The van der Waals surface area contributed by atoms with E-state index in [9.17, 15) is 4.79 Å². The topological polar surface area (TPSA) is 58.6 Å². The second-order valence-electron chi connectivity index (χ2n) is 1.23. The Balaban J connectivity index is -0.000000196. The number of hydroxylamine groups is 1. The summed E-state index contributed by atoms with van der Waals surface area (Å²) in [6, 6.07) is 0. The zero-order valence-electron chi connectivity index (χ0n) is 6.68. The van der Waals surface area contributed by atoms with Crippen molar-refractivity contribution in [3.63, 3.8) is 0 Å². The van der Waals surface area contributed by atoms with Gasteiger partial charge >= 0.3 is 5.97 Å². The van der Waals surface area contributed by atoms with Gasteiger partial charge in [0.1, 0.15) is 0 Å². The highest BCUT2D eigenvalue weighted by Gasteiger charge is 1.95. The fourth-order valence-electron chi connectivity index (χ4n) is 0.260.